The Morgan fingerprint density at radius 1 is 1.47 bits per heavy atom. The molecule has 1 aromatic carbocycles. The molecule has 100 valence electrons. The molecule has 6 heteroatoms. The van der Waals surface area contributed by atoms with E-state index in [0.717, 1.165) is 12.8 Å². The van der Waals surface area contributed by atoms with E-state index in [-0.39, 0.29) is 18.3 Å². The van der Waals surface area contributed by atoms with Crippen LogP contribution < -0.4 is 5.73 Å². The molecular weight excluding hydrogens is 269 g/mol. The fourth-order valence-corrected chi connectivity index (χ4v) is 2.22. The molecule has 0 bridgehead atoms. The summed E-state index contributed by atoms with van der Waals surface area (Å²) in [4.78, 5) is 4.22. The zero-order valence-electron chi connectivity index (χ0n) is 10.1. The van der Waals surface area contributed by atoms with Gasteiger partial charge in [0.05, 0.1) is 6.04 Å². The minimum atomic E-state index is -0.370. The Bertz CT molecular complexity index is 577. The zero-order chi connectivity index (χ0) is 13.4. The Hall–Kier alpha value is -1.46. The van der Waals surface area contributed by atoms with Crippen molar-refractivity contribution in [1.29, 1.82) is 0 Å². The van der Waals surface area contributed by atoms with Crippen LogP contribution in [0.3, 0.4) is 0 Å². The van der Waals surface area contributed by atoms with Crippen LogP contribution in [-0.2, 0) is 6.42 Å². The molecule has 1 aliphatic carbocycles. The largest absolute Gasteiger partial charge is 0.338 e. The first-order chi connectivity index (χ1) is 9.15. The van der Waals surface area contributed by atoms with Gasteiger partial charge in [0.1, 0.15) is 5.82 Å². The molecule has 1 atom stereocenters. The van der Waals surface area contributed by atoms with E-state index < -0.39 is 0 Å². The summed E-state index contributed by atoms with van der Waals surface area (Å²) < 4.78 is 18.8. The highest BCUT2D eigenvalue weighted by atomic mass is 35.5. The van der Waals surface area contributed by atoms with Crippen LogP contribution in [0.4, 0.5) is 4.39 Å². The number of aromatic nitrogens is 2. The first kappa shape index (κ1) is 12.6. The maximum absolute atomic E-state index is 13.6. The number of rotatable bonds is 4. The molecule has 1 fully saturated rings. The molecule has 1 unspecified atom stereocenters. The number of nitrogens with two attached hydrogens (primary N) is 1. The molecule has 0 saturated heterocycles. The number of benzene rings is 1. The third kappa shape index (κ3) is 2.62. The van der Waals surface area contributed by atoms with Gasteiger partial charge in [0.2, 0.25) is 5.89 Å². The number of halogens is 2. The molecule has 0 radical (unpaired) electrons. The molecule has 1 heterocycles. The average molecular weight is 282 g/mol. The monoisotopic (exact) mass is 281 g/mol. The molecule has 19 heavy (non-hydrogen) atoms. The molecule has 1 aliphatic rings. The summed E-state index contributed by atoms with van der Waals surface area (Å²) in [5.41, 5.74) is 6.34. The van der Waals surface area contributed by atoms with Gasteiger partial charge in [0, 0.05) is 17.0 Å². The van der Waals surface area contributed by atoms with E-state index in [2.05, 4.69) is 10.1 Å². The molecule has 4 nitrogen and oxygen atoms in total. The van der Waals surface area contributed by atoms with E-state index in [1.807, 2.05) is 0 Å². The van der Waals surface area contributed by atoms with Crippen molar-refractivity contribution in [2.75, 3.05) is 0 Å². The fourth-order valence-electron chi connectivity index (χ4n) is 1.99. The smallest absolute Gasteiger partial charge is 0.243 e. The normalized spacial score (nSPS) is 16.6. The second kappa shape index (κ2) is 4.90. The number of hydrogen-bond acceptors (Lipinski definition) is 4. The third-order valence-corrected chi connectivity index (χ3v) is 3.65. The van der Waals surface area contributed by atoms with Crippen molar-refractivity contribution in [2.24, 2.45) is 11.7 Å². The SMILES string of the molecule is NC(c1nc(Cc2c(F)cccc2Cl)no1)C1CC1. The summed E-state index contributed by atoms with van der Waals surface area (Å²) in [5, 5.41) is 4.19. The Labute approximate surface area is 114 Å². The lowest BCUT2D eigenvalue weighted by molar-refractivity contribution is 0.340. The van der Waals surface area contributed by atoms with Gasteiger partial charge in [-0.3, -0.25) is 0 Å². The Balaban J connectivity index is 1.80. The maximum Gasteiger partial charge on any atom is 0.243 e. The lowest BCUT2D eigenvalue weighted by Crippen LogP contribution is -2.12. The van der Waals surface area contributed by atoms with E-state index >= 15 is 0 Å². The van der Waals surface area contributed by atoms with E-state index in [1.54, 1.807) is 12.1 Å². The van der Waals surface area contributed by atoms with Crippen molar-refractivity contribution in [2.45, 2.75) is 25.3 Å². The molecule has 0 spiro atoms. The lowest BCUT2D eigenvalue weighted by Gasteiger charge is -2.03. The Kier molecular flexibility index (Phi) is 3.24. The van der Waals surface area contributed by atoms with E-state index in [1.165, 1.54) is 6.07 Å². The van der Waals surface area contributed by atoms with Gasteiger partial charge in [-0.15, -0.1) is 0 Å². The van der Waals surface area contributed by atoms with Crippen LogP contribution >= 0.6 is 11.6 Å². The van der Waals surface area contributed by atoms with Gasteiger partial charge in [-0.1, -0.05) is 22.8 Å². The maximum atomic E-state index is 13.6. The highest BCUT2D eigenvalue weighted by Gasteiger charge is 2.33. The van der Waals surface area contributed by atoms with Gasteiger partial charge in [0.15, 0.2) is 5.82 Å². The molecular formula is C13H13ClFN3O. The van der Waals surface area contributed by atoms with Gasteiger partial charge in [-0.25, -0.2) is 4.39 Å². The average Bonchev–Trinajstić information content (AvgIpc) is 3.13. The summed E-state index contributed by atoms with van der Waals surface area (Å²) >= 11 is 5.96. The van der Waals surface area contributed by atoms with Gasteiger partial charge in [-0.2, -0.15) is 4.98 Å². The minimum absolute atomic E-state index is 0.201. The van der Waals surface area contributed by atoms with Gasteiger partial charge in [-0.05, 0) is 30.9 Å². The van der Waals surface area contributed by atoms with Crippen LogP contribution in [0.2, 0.25) is 5.02 Å². The van der Waals surface area contributed by atoms with Gasteiger partial charge >= 0.3 is 0 Å². The summed E-state index contributed by atoms with van der Waals surface area (Å²) in [7, 11) is 0. The molecule has 2 N–H and O–H groups in total. The number of hydrogen-bond donors (Lipinski definition) is 1. The summed E-state index contributed by atoms with van der Waals surface area (Å²) in [6, 6.07) is 4.35. The highest BCUT2D eigenvalue weighted by molar-refractivity contribution is 6.31. The molecule has 3 rings (SSSR count). The van der Waals surface area contributed by atoms with Crippen LogP contribution in [0.25, 0.3) is 0 Å². The summed E-state index contributed by atoms with van der Waals surface area (Å²) in [6.45, 7) is 0. The van der Waals surface area contributed by atoms with Crippen LogP contribution in [0.1, 0.15) is 36.2 Å². The summed E-state index contributed by atoms with van der Waals surface area (Å²) in [5.74, 6) is 0.888. The third-order valence-electron chi connectivity index (χ3n) is 3.30. The molecule has 0 aliphatic heterocycles. The van der Waals surface area contributed by atoms with Gasteiger partial charge < -0.3 is 10.3 Å². The van der Waals surface area contributed by atoms with Crippen LogP contribution in [-0.4, -0.2) is 10.1 Å². The molecule has 0 amide bonds. The molecule has 2 aromatic rings. The van der Waals surface area contributed by atoms with Crippen LogP contribution in [0.5, 0.6) is 0 Å². The lowest BCUT2D eigenvalue weighted by atomic mass is 10.1. The van der Waals surface area contributed by atoms with Gasteiger partial charge in [0.25, 0.3) is 0 Å². The van der Waals surface area contributed by atoms with Crippen molar-refractivity contribution in [1.82, 2.24) is 10.1 Å². The van der Waals surface area contributed by atoms with Crippen molar-refractivity contribution < 1.29 is 8.91 Å². The van der Waals surface area contributed by atoms with Crippen molar-refractivity contribution in [3.63, 3.8) is 0 Å². The van der Waals surface area contributed by atoms with Crippen molar-refractivity contribution >= 4 is 11.6 Å². The predicted octanol–water partition coefficient (Wildman–Crippen LogP) is 2.86. The highest BCUT2D eigenvalue weighted by Crippen LogP contribution is 2.38. The van der Waals surface area contributed by atoms with E-state index in [4.69, 9.17) is 21.9 Å². The molecule has 1 aromatic heterocycles. The standard InChI is InChI=1S/C13H13ClFN3O/c14-9-2-1-3-10(15)8(9)6-11-17-13(19-18-11)12(16)7-4-5-7/h1-3,7,12H,4-6,16H2. The van der Waals surface area contributed by atoms with Crippen molar-refractivity contribution in [3.8, 4) is 0 Å². The van der Waals surface area contributed by atoms with Crippen molar-refractivity contribution in [3.05, 3.63) is 46.3 Å². The Morgan fingerprint density at radius 3 is 2.95 bits per heavy atom. The number of nitrogens with zero attached hydrogens (tertiary/aromatic N) is 2. The summed E-state index contributed by atoms with van der Waals surface area (Å²) in [6.07, 6.45) is 2.39. The molecule has 1 saturated carbocycles. The van der Waals surface area contributed by atoms with E-state index in [0.29, 0.717) is 28.2 Å². The fraction of sp³-hybridized carbons (Fsp3) is 0.385. The quantitative estimate of drug-likeness (QED) is 0.936. The first-order valence-electron chi connectivity index (χ1n) is 6.16. The Morgan fingerprint density at radius 2 is 2.26 bits per heavy atom. The second-order valence-electron chi connectivity index (χ2n) is 4.79. The second-order valence-corrected chi connectivity index (χ2v) is 5.20. The van der Waals surface area contributed by atoms with E-state index in [9.17, 15) is 4.39 Å². The first-order valence-corrected chi connectivity index (χ1v) is 6.54. The van der Waals surface area contributed by atoms with Crippen LogP contribution in [0.15, 0.2) is 22.7 Å². The minimum Gasteiger partial charge on any atom is -0.338 e. The predicted molar refractivity (Wildman–Crippen MR) is 68.2 cm³/mol. The van der Waals surface area contributed by atoms with Crippen LogP contribution in [0, 0.1) is 11.7 Å². The topological polar surface area (TPSA) is 64.9 Å². The zero-order valence-corrected chi connectivity index (χ0v) is 10.9.